The quantitative estimate of drug-likeness (QED) is 0.733. The molecule has 0 spiro atoms. The smallest absolute Gasteiger partial charge is 0.263 e. The van der Waals surface area contributed by atoms with Crippen molar-refractivity contribution in [1.82, 2.24) is 19.7 Å². The van der Waals surface area contributed by atoms with E-state index in [1.54, 1.807) is 6.20 Å². The summed E-state index contributed by atoms with van der Waals surface area (Å²) in [6.45, 7) is 10.2. The molecule has 0 unspecified atom stereocenters. The lowest BCUT2D eigenvalue weighted by Crippen LogP contribution is -2.32. The van der Waals surface area contributed by atoms with Crippen LogP contribution >= 0.6 is 0 Å². The summed E-state index contributed by atoms with van der Waals surface area (Å²) in [5.41, 5.74) is 2.60. The number of H-pyrrole nitrogens is 1. The molecule has 152 valence electrons. The third kappa shape index (κ3) is 3.64. The molecule has 29 heavy (non-hydrogen) atoms. The van der Waals surface area contributed by atoms with E-state index < -0.39 is 0 Å². The van der Waals surface area contributed by atoms with Crippen LogP contribution < -0.4 is 15.2 Å². The lowest BCUT2D eigenvalue weighted by molar-refractivity contribution is 0.339. The summed E-state index contributed by atoms with van der Waals surface area (Å²) >= 11 is 0. The first-order valence-electron chi connectivity index (χ1n) is 10.0. The van der Waals surface area contributed by atoms with E-state index in [9.17, 15) is 4.79 Å². The van der Waals surface area contributed by atoms with Gasteiger partial charge in [0.05, 0.1) is 18.3 Å². The third-order valence-corrected chi connectivity index (χ3v) is 5.10. The number of fused-ring (bicyclic) bond motifs is 1. The van der Waals surface area contributed by atoms with Crippen molar-refractivity contribution < 1.29 is 4.74 Å². The Morgan fingerprint density at radius 1 is 1.24 bits per heavy atom. The minimum absolute atomic E-state index is 0.156. The molecule has 0 aliphatic carbocycles. The summed E-state index contributed by atoms with van der Waals surface area (Å²) in [4.78, 5) is 22.3. The fourth-order valence-corrected chi connectivity index (χ4v) is 3.67. The molecular formula is C22H27N5O2. The first-order valence-corrected chi connectivity index (χ1v) is 10.0. The maximum atomic E-state index is 12.6. The standard InChI is InChI=1S/C22H27N5O2/c1-5-29-18-9-7-6-8-16(18)15-10-12-26(13-11-15)21-24-19-17(20(28)25-21)14-23-27(19)22(2,3)4/h6-10,14H,5,11-13H2,1-4H3,(H,24,25,28). The highest BCUT2D eigenvalue weighted by Crippen LogP contribution is 2.31. The summed E-state index contributed by atoms with van der Waals surface area (Å²) in [5, 5.41) is 4.90. The Kier molecular flexibility index (Phi) is 4.90. The molecule has 7 nitrogen and oxygen atoms in total. The van der Waals surface area contributed by atoms with Crippen molar-refractivity contribution in [3.63, 3.8) is 0 Å². The van der Waals surface area contributed by atoms with Crippen LogP contribution in [0, 0.1) is 0 Å². The summed E-state index contributed by atoms with van der Waals surface area (Å²) in [5.74, 6) is 1.50. The minimum atomic E-state index is -0.252. The number of ether oxygens (including phenoxy) is 1. The van der Waals surface area contributed by atoms with Gasteiger partial charge in [0.15, 0.2) is 5.65 Å². The molecule has 1 aliphatic rings. The van der Waals surface area contributed by atoms with Crippen LogP contribution in [0.15, 0.2) is 41.3 Å². The van der Waals surface area contributed by atoms with Crippen molar-refractivity contribution in [2.24, 2.45) is 0 Å². The zero-order chi connectivity index (χ0) is 20.6. The minimum Gasteiger partial charge on any atom is -0.493 e. The van der Waals surface area contributed by atoms with Crippen LogP contribution in [-0.4, -0.2) is 39.4 Å². The zero-order valence-corrected chi connectivity index (χ0v) is 17.4. The number of aromatic amines is 1. The van der Waals surface area contributed by atoms with Gasteiger partial charge in [-0.3, -0.25) is 9.78 Å². The lowest BCUT2D eigenvalue weighted by Gasteiger charge is -2.28. The van der Waals surface area contributed by atoms with Gasteiger partial charge in [0, 0.05) is 18.7 Å². The molecule has 0 radical (unpaired) electrons. The van der Waals surface area contributed by atoms with Crippen LogP contribution in [0.4, 0.5) is 5.95 Å². The van der Waals surface area contributed by atoms with Gasteiger partial charge >= 0.3 is 0 Å². The second kappa shape index (κ2) is 7.39. The maximum Gasteiger partial charge on any atom is 0.263 e. The molecule has 0 atom stereocenters. The first kappa shape index (κ1) is 19.2. The Morgan fingerprint density at radius 2 is 2.03 bits per heavy atom. The van der Waals surface area contributed by atoms with Crippen LogP contribution in [0.3, 0.4) is 0 Å². The Morgan fingerprint density at radius 3 is 2.72 bits per heavy atom. The highest BCUT2D eigenvalue weighted by molar-refractivity contribution is 5.76. The van der Waals surface area contributed by atoms with Crippen molar-refractivity contribution in [1.29, 1.82) is 0 Å². The molecule has 1 aromatic carbocycles. The Hall–Kier alpha value is -3.09. The molecular weight excluding hydrogens is 366 g/mol. The average molecular weight is 393 g/mol. The summed E-state index contributed by atoms with van der Waals surface area (Å²) in [6, 6.07) is 8.13. The van der Waals surface area contributed by atoms with E-state index in [-0.39, 0.29) is 11.1 Å². The lowest BCUT2D eigenvalue weighted by atomic mass is 9.98. The topological polar surface area (TPSA) is 76.0 Å². The van der Waals surface area contributed by atoms with Crippen LogP contribution in [0.5, 0.6) is 5.75 Å². The first-order chi connectivity index (χ1) is 13.9. The molecule has 0 saturated carbocycles. The van der Waals surface area contributed by atoms with Crippen molar-refractivity contribution in [3.05, 3.63) is 52.5 Å². The largest absolute Gasteiger partial charge is 0.493 e. The Balaban J connectivity index is 1.65. The highest BCUT2D eigenvalue weighted by atomic mass is 16.5. The van der Waals surface area contributed by atoms with E-state index in [2.05, 4.69) is 27.1 Å². The second-order valence-electron chi connectivity index (χ2n) is 8.21. The number of hydrogen-bond acceptors (Lipinski definition) is 5. The van der Waals surface area contributed by atoms with Crippen molar-refractivity contribution in [3.8, 4) is 5.75 Å². The van der Waals surface area contributed by atoms with Gasteiger partial charge in [-0.05, 0) is 45.8 Å². The van der Waals surface area contributed by atoms with E-state index in [1.165, 1.54) is 5.57 Å². The molecule has 3 heterocycles. The zero-order valence-electron chi connectivity index (χ0n) is 17.4. The van der Waals surface area contributed by atoms with Gasteiger partial charge in [-0.1, -0.05) is 24.3 Å². The van der Waals surface area contributed by atoms with E-state index >= 15 is 0 Å². The van der Waals surface area contributed by atoms with E-state index in [1.807, 2.05) is 50.6 Å². The van der Waals surface area contributed by atoms with Gasteiger partial charge in [-0.15, -0.1) is 0 Å². The number of benzene rings is 1. The molecule has 2 aromatic heterocycles. The molecule has 4 rings (SSSR count). The number of hydrogen-bond donors (Lipinski definition) is 1. The Labute approximate surface area is 170 Å². The predicted octanol–water partition coefficient (Wildman–Crippen LogP) is 3.57. The van der Waals surface area contributed by atoms with Gasteiger partial charge < -0.3 is 9.64 Å². The van der Waals surface area contributed by atoms with Crippen LogP contribution in [0.2, 0.25) is 0 Å². The molecule has 1 aliphatic heterocycles. The van der Waals surface area contributed by atoms with Crippen molar-refractivity contribution in [2.45, 2.75) is 39.7 Å². The van der Waals surface area contributed by atoms with Crippen molar-refractivity contribution in [2.75, 3.05) is 24.6 Å². The number of rotatable bonds is 4. The van der Waals surface area contributed by atoms with Gasteiger partial charge in [0.1, 0.15) is 11.1 Å². The maximum absolute atomic E-state index is 12.6. The summed E-state index contributed by atoms with van der Waals surface area (Å²) in [7, 11) is 0. The fourth-order valence-electron chi connectivity index (χ4n) is 3.67. The molecule has 0 fully saturated rings. The van der Waals surface area contributed by atoms with E-state index in [0.29, 0.717) is 30.1 Å². The number of anilines is 1. The predicted molar refractivity (Wildman–Crippen MR) is 116 cm³/mol. The van der Waals surface area contributed by atoms with E-state index in [0.717, 1.165) is 24.3 Å². The van der Waals surface area contributed by atoms with Gasteiger partial charge in [-0.25, -0.2) is 4.68 Å². The van der Waals surface area contributed by atoms with Crippen LogP contribution in [0.25, 0.3) is 16.6 Å². The second-order valence-corrected chi connectivity index (χ2v) is 8.21. The number of aromatic nitrogens is 4. The fraction of sp³-hybridized carbons (Fsp3) is 0.409. The average Bonchev–Trinajstić information content (AvgIpc) is 3.14. The van der Waals surface area contributed by atoms with Gasteiger partial charge in [-0.2, -0.15) is 10.1 Å². The highest BCUT2D eigenvalue weighted by Gasteiger charge is 2.22. The normalized spacial score (nSPS) is 14.9. The summed E-state index contributed by atoms with van der Waals surface area (Å²) in [6.07, 6.45) is 4.63. The Bertz CT molecular complexity index is 1120. The third-order valence-electron chi connectivity index (χ3n) is 5.10. The molecule has 0 amide bonds. The van der Waals surface area contributed by atoms with Gasteiger partial charge in [0.2, 0.25) is 5.95 Å². The van der Waals surface area contributed by atoms with Crippen molar-refractivity contribution >= 4 is 22.6 Å². The molecule has 7 heteroatoms. The molecule has 1 N–H and O–H groups in total. The number of nitrogens with one attached hydrogen (secondary N) is 1. The molecule has 0 bridgehead atoms. The number of para-hydroxylation sites is 1. The van der Waals surface area contributed by atoms with Crippen LogP contribution in [-0.2, 0) is 5.54 Å². The molecule has 0 saturated heterocycles. The summed E-state index contributed by atoms with van der Waals surface area (Å²) < 4.78 is 7.59. The molecule has 3 aromatic rings. The van der Waals surface area contributed by atoms with Crippen LogP contribution in [0.1, 0.15) is 39.7 Å². The van der Waals surface area contributed by atoms with E-state index in [4.69, 9.17) is 9.72 Å². The van der Waals surface area contributed by atoms with Gasteiger partial charge in [0.25, 0.3) is 5.56 Å². The SMILES string of the molecule is CCOc1ccccc1C1=CCN(c2nc3c(cnn3C(C)(C)C)c(=O)[nH]2)CC1. The number of nitrogens with zero attached hydrogens (tertiary/aromatic N) is 4. The monoisotopic (exact) mass is 393 g/mol.